The maximum absolute atomic E-state index is 12.6. The molecule has 0 atom stereocenters. The molecule has 4 rings (SSSR count). The highest BCUT2D eigenvalue weighted by Crippen LogP contribution is 2.17. The number of piperazine rings is 1. The van der Waals surface area contributed by atoms with Gasteiger partial charge in [-0.2, -0.15) is 0 Å². The van der Waals surface area contributed by atoms with Crippen LogP contribution in [0.3, 0.4) is 0 Å². The van der Waals surface area contributed by atoms with Crippen LogP contribution in [-0.4, -0.2) is 46.5 Å². The van der Waals surface area contributed by atoms with Crippen LogP contribution in [0.1, 0.15) is 6.42 Å². The average Bonchev–Trinajstić information content (AvgIpc) is 3.02. The van der Waals surface area contributed by atoms with Crippen molar-refractivity contribution in [2.24, 2.45) is 0 Å². The summed E-state index contributed by atoms with van der Waals surface area (Å²) >= 11 is 1.23. The summed E-state index contributed by atoms with van der Waals surface area (Å²) in [5.41, 5.74) is 0.912. The Kier molecular flexibility index (Phi) is 4.71. The number of para-hydroxylation sites is 1. The topological polar surface area (TPSA) is 58.4 Å². The quantitative estimate of drug-likeness (QED) is 0.708. The summed E-state index contributed by atoms with van der Waals surface area (Å²) in [6, 6.07) is 13.6. The molecule has 0 spiro atoms. The number of rotatable bonds is 4. The molecule has 1 fully saturated rings. The molecule has 2 aromatic heterocycles. The number of pyridine rings is 1. The summed E-state index contributed by atoms with van der Waals surface area (Å²) < 4.78 is 2.68. The summed E-state index contributed by atoms with van der Waals surface area (Å²) in [5.74, 6) is 1.06. The van der Waals surface area contributed by atoms with Gasteiger partial charge in [-0.3, -0.25) is 14.2 Å². The number of benzene rings is 1. The van der Waals surface area contributed by atoms with E-state index in [1.165, 1.54) is 11.3 Å². The van der Waals surface area contributed by atoms with Crippen molar-refractivity contribution in [2.45, 2.75) is 13.0 Å². The minimum Gasteiger partial charge on any atom is -0.353 e. The molecule has 0 aliphatic carbocycles. The molecular weight excluding hydrogens is 348 g/mol. The van der Waals surface area contributed by atoms with E-state index >= 15 is 0 Å². The monoisotopic (exact) mass is 368 g/mol. The molecule has 3 aromatic rings. The molecule has 26 heavy (non-hydrogen) atoms. The van der Waals surface area contributed by atoms with Crippen molar-refractivity contribution < 1.29 is 4.79 Å². The first-order chi connectivity index (χ1) is 12.7. The molecule has 0 unspecified atom stereocenters. The largest absolute Gasteiger partial charge is 0.353 e. The Bertz CT molecular complexity index is 958. The fraction of sp³-hybridized carbons (Fsp3) is 0.316. The maximum Gasteiger partial charge on any atom is 0.308 e. The van der Waals surface area contributed by atoms with Crippen LogP contribution in [0.15, 0.2) is 53.5 Å². The van der Waals surface area contributed by atoms with Gasteiger partial charge in [0.15, 0.2) is 0 Å². The van der Waals surface area contributed by atoms with E-state index in [1.807, 2.05) is 47.4 Å². The van der Waals surface area contributed by atoms with Crippen LogP contribution in [0.2, 0.25) is 0 Å². The van der Waals surface area contributed by atoms with Gasteiger partial charge in [0.1, 0.15) is 5.82 Å². The molecule has 0 saturated carbocycles. The number of nitrogens with zero attached hydrogens (tertiary/aromatic N) is 4. The molecule has 1 saturated heterocycles. The Morgan fingerprint density at radius 3 is 2.58 bits per heavy atom. The Hall–Kier alpha value is -2.67. The number of amides is 1. The van der Waals surface area contributed by atoms with Crippen molar-refractivity contribution in [3.05, 3.63) is 58.3 Å². The van der Waals surface area contributed by atoms with Crippen molar-refractivity contribution >= 4 is 33.3 Å². The molecule has 1 aliphatic rings. The van der Waals surface area contributed by atoms with Gasteiger partial charge in [0.25, 0.3) is 0 Å². The lowest BCUT2D eigenvalue weighted by molar-refractivity contribution is -0.131. The van der Waals surface area contributed by atoms with Crippen LogP contribution in [0.4, 0.5) is 5.82 Å². The third kappa shape index (κ3) is 3.35. The third-order valence-corrected chi connectivity index (χ3v) is 5.69. The van der Waals surface area contributed by atoms with Crippen molar-refractivity contribution in [1.29, 1.82) is 0 Å². The highest BCUT2D eigenvalue weighted by molar-refractivity contribution is 7.16. The fourth-order valence-corrected chi connectivity index (χ4v) is 4.23. The number of fused-ring (bicyclic) bond motifs is 1. The van der Waals surface area contributed by atoms with Gasteiger partial charge >= 0.3 is 4.87 Å². The van der Waals surface area contributed by atoms with Gasteiger partial charge in [-0.05, 0) is 24.3 Å². The molecule has 1 aliphatic heterocycles. The van der Waals surface area contributed by atoms with Gasteiger partial charge in [-0.15, -0.1) is 0 Å². The predicted molar refractivity (Wildman–Crippen MR) is 104 cm³/mol. The van der Waals surface area contributed by atoms with Gasteiger partial charge in [-0.25, -0.2) is 4.98 Å². The van der Waals surface area contributed by atoms with Crippen LogP contribution >= 0.6 is 11.3 Å². The minimum atomic E-state index is -0.000953. The second kappa shape index (κ2) is 7.29. The normalized spacial score (nSPS) is 14.8. The first-order valence-electron chi connectivity index (χ1n) is 8.74. The maximum atomic E-state index is 12.6. The van der Waals surface area contributed by atoms with E-state index < -0.39 is 0 Å². The number of anilines is 1. The molecule has 0 N–H and O–H groups in total. The average molecular weight is 368 g/mol. The Labute approximate surface area is 155 Å². The third-order valence-electron chi connectivity index (χ3n) is 4.73. The van der Waals surface area contributed by atoms with E-state index in [-0.39, 0.29) is 10.8 Å². The van der Waals surface area contributed by atoms with E-state index in [4.69, 9.17) is 0 Å². The summed E-state index contributed by atoms with van der Waals surface area (Å²) in [5, 5.41) is 0. The first kappa shape index (κ1) is 16.8. The smallest absolute Gasteiger partial charge is 0.308 e. The van der Waals surface area contributed by atoms with Gasteiger partial charge in [0.05, 0.1) is 10.2 Å². The second-order valence-electron chi connectivity index (χ2n) is 6.29. The predicted octanol–water partition coefficient (Wildman–Crippen LogP) is 2.20. The minimum absolute atomic E-state index is 0.000953. The van der Waals surface area contributed by atoms with Crippen LogP contribution in [0.5, 0.6) is 0 Å². The zero-order valence-corrected chi connectivity index (χ0v) is 15.2. The summed E-state index contributed by atoms with van der Waals surface area (Å²) in [4.78, 5) is 33.2. The number of aromatic nitrogens is 2. The fourth-order valence-electron chi connectivity index (χ4n) is 3.32. The highest BCUT2D eigenvalue weighted by Gasteiger charge is 2.22. The number of hydrogen-bond acceptors (Lipinski definition) is 5. The van der Waals surface area contributed by atoms with Gasteiger partial charge in [-0.1, -0.05) is 29.5 Å². The molecule has 3 heterocycles. The number of carbonyl (C=O) groups is 1. The molecule has 134 valence electrons. The van der Waals surface area contributed by atoms with Gasteiger partial charge < -0.3 is 9.80 Å². The molecule has 0 bridgehead atoms. The number of thiazole rings is 1. The van der Waals surface area contributed by atoms with E-state index in [9.17, 15) is 9.59 Å². The summed E-state index contributed by atoms with van der Waals surface area (Å²) in [6.45, 7) is 3.37. The molecular formula is C19H20N4O2S. The van der Waals surface area contributed by atoms with E-state index in [1.54, 1.807) is 10.8 Å². The first-order valence-corrected chi connectivity index (χ1v) is 9.56. The van der Waals surface area contributed by atoms with Crippen molar-refractivity contribution in [3.8, 4) is 0 Å². The lowest BCUT2D eigenvalue weighted by Crippen LogP contribution is -2.49. The summed E-state index contributed by atoms with van der Waals surface area (Å²) in [7, 11) is 0. The van der Waals surface area contributed by atoms with Crippen LogP contribution < -0.4 is 9.77 Å². The molecule has 1 amide bonds. The number of carbonyl (C=O) groups excluding carboxylic acids is 1. The zero-order chi connectivity index (χ0) is 17.9. The Morgan fingerprint density at radius 1 is 1.04 bits per heavy atom. The van der Waals surface area contributed by atoms with Crippen molar-refractivity contribution in [3.63, 3.8) is 0 Å². The van der Waals surface area contributed by atoms with Crippen molar-refractivity contribution in [1.82, 2.24) is 14.5 Å². The lowest BCUT2D eigenvalue weighted by Gasteiger charge is -2.35. The van der Waals surface area contributed by atoms with Crippen LogP contribution in [0, 0.1) is 0 Å². The van der Waals surface area contributed by atoms with E-state index in [0.717, 1.165) is 29.1 Å². The molecule has 6 nitrogen and oxygen atoms in total. The Balaban J connectivity index is 1.36. The van der Waals surface area contributed by atoms with Crippen molar-refractivity contribution in [2.75, 3.05) is 31.1 Å². The van der Waals surface area contributed by atoms with Crippen LogP contribution in [0.25, 0.3) is 10.2 Å². The zero-order valence-electron chi connectivity index (χ0n) is 14.4. The number of hydrogen-bond donors (Lipinski definition) is 0. The summed E-state index contributed by atoms with van der Waals surface area (Å²) in [6.07, 6.45) is 2.14. The molecule has 7 heteroatoms. The molecule has 0 radical (unpaired) electrons. The second-order valence-corrected chi connectivity index (χ2v) is 7.29. The lowest BCUT2D eigenvalue weighted by atomic mass is 10.2. The SMILES string of the molecule is O=C(CCn1c(=O)sc2ccccc21)N1CCN(c2ccccn2)CC1. The molecule has 1 aromatic carbocycles. The Morgan fingerprint density at radius 2 is 1.81 bits per heavy atom. The van der Waals surface area contributed by atoms with E-state index in [2.05, 4.69) is 9.88 Å². The van der Waals surface area contributed by atoms with Crippen LogP contribution in [-0.2, 0) is 11.3 Å². The highest BCUT2D eigenvalue weighted by atomic mass is 32.1. The number of aryl methyl sites for hydroxylation is 1. The van der Waals surface area contributed by atoms with E-state index in [0.29, 0.717) is 26.1 Å². The van der Waals surface area contributed by atoms with Gasteiger partial charge in [0, 0.05) is 45.3 Å². The standard InChI is InChI=1S/C19H20N4O2S/c24-18(8-10-23-15-5-1-2-6-16(15)26-19(23)25)22-13-11-21(12-14-22)17-7-3-4-9-20-17/h1-7,9H,8,10-14H2. The van der Waals surface area contributed by atoms with Gasteiger partial charge in [0.2, 0.25) is 5.91 Å².